The molecule has 2 aromatic rings. The smallest absolute Gasteiger partial charge is 0.206 e. The van der Waals surface area contributed by atoms with E-state index >= 15 is 0 Å². The fourth-order valence-electron chi connectivity index (χ4n) is 1.74. The van der Waals surface area contributed by atoms with Crippen molar-refractivity contribution in [1.29, 1.82) is 0 Å². The Morgan fingerprint density at radius 3 is 2.00 bits per heavy atom. The molecule has 0 unspecified atom stereocenters. The van der Waals surface area contributed by atoms with Crippen molar-refractivity contribution in [2.75, 3.05) is 0 Å². The molecule has 0 atom stereocenters. The maximum Gasteiger partial charge on any atom is 0.270 e. The molecule has 1 aromatic heterocycles. The van der Waals surface area contributed by atoms with Crippen LogP contribution in [-0.2, 0) is 14.5 Å². The number of halogens is 1. The zero-order valence-corrected chi connectivity index (χ0v) is 13.4. The molecule has 1 aromatic carbocycles. The molecule has 0 fully saturated rings. The lowest BCUT2D eigenvalue weighted by Gasteiger charge is -2.18. The van der Waals surface area contributed by atoms with Gasteiger partial charge >= 0.3 is 0 Å². The molecule has 0 amide bonds. The van der Waals surface area contributed by atoms with Gasteiger partial charge in [-0.2, -0.15) is 0 Å². The van der Waals surface area contributed by atoms with Crippen LogP contribution in [0.15, 0.2) is 40.6 Å². The summed E-state index contributed by atoms with van der Waals surface area (Å²) in [5.41, 5.74) is 2.36. The molecule has 0 saturated carbocycles. The van der Waals surface area contributed by atoms with Gasteiger partial charge in [-0.3, -0.25) is 0 Å². The first kappa shape index (κ1) is 14.6. The Hall–Kier alpha value is -0.840. The summed E-state index contributed by atoms with van der Waals surface area (Å²) in [6.45, 7) is 6.47. The van der Waals surface area contributed by atoms with Crippen LogP contribution in [0.1, 0.15) is 26.3 Å². The number of hydrogen-bond donors (Lipinski definition) is 0. The first-order chi connectivity index (χ1) is 8.68. The summed E-state index contributed by atoms with van der Waals surface area (Å²) >= 11 is 1.19. The molecule has 19 heavy (non-hydrogen) atoms. The summed E-state index contributed by atoms with van der Waals surface area (Å²) in [6, 6.07) is 11.5. The van der Waals surface area contributed by atoms with E-state index < -0.39 is 9.05 Å². The first-order valence-corrected chi connectivity index (χ1v) is 8.96. The van der Waals surface area contributed by atoms with E-state index in [1.54, 1.807) is 12.1 Å². The van der Waals surface area contributed by atoms with Gasteiger partial charge in [0.15, 0.2) is 0 Å². The molecule has 2 nitrogen and oxygen atoms in total. The van der Waals surface area contributed by atoms with E-state index in [0.29, 0.717) is 0 Å². The van der Waals surface area contributed by atoms with E-state index in [-0.39, 0.29) is 9.62 Å². The van der Waals surface area contributed by atoms with Crippen LogP contribution in [0.4, 0.5) is 0 Å². The average molecular weight is 315 g/mol. The Bertz CT molecular complexity index is 677. The molecule has 0 bridgehead atoms. The van der Waals surface area contributed by atoms with Crippen LogP contribution in [0.25, 0.3) is 10.4 Å². The fourth-order valence-corrected chi connectivity index (χ4v) is 3.82. The maximum atomic E-state index is 11.2. The Balaban J connectivity index is 2.36. The predicted octanol–water partition coefficient (Wildman–Crippen LogP) is 4.64. The lowest BCUT2D eigenvalue weighted by Crippen LogP contribution is -2.10. The Morgan fingerprint density at radius 1 is 1.00 bits per heavy atom. The van der Waals surface area contributed by atoms with E-state index in [9.17, 15) is 8.42 Å². The van der Waals surface area contributed by atoms with Crippen LogP contribution < -0.4 is 0 Å². The molecule has 0 aliphatic carbocycles. The van der Waals surface area contributed by atoms with E-state index in [1.807, 2.05) is 12.1 Å². The van der Waals surface area contributed by atoms with Gasteiger partial charge in [0.05, 0.1) is 0 Å². The zero-order chi connectivity index (χ0) is 14.3. The molecule has 0 spiro atoms. The van der Waals surface area contributed by atoms with E-state index in [0.717, 1.165) is 10.4 Å². The van der Waals surface area contributed by atoms with Gasteiger partial charge in [-0.1, -0.05) is 45.0 Å². The van der Waals surface area contributed by atoms with Gasteiger partial charge in [0.25, 0.3) is 9.05 Å². The summed E-state index contributed by atoms with van der Waals surface area (Å²) in [5, 5.41) is 0. The second-order valence-electron chi connectivity index (χ2n) is 5.38. The highest BCUT2D eigenvalue weighted by atomic mass is 35.7. The Morgan fingerprint density at radius 2 is 1.58 bits per heavy atom. The number of benzene rings is 1. The summed E-state index contributed by atoms with van der Waals surface area (Å²) in [4.78, 5) is 0.902. The second-order valence-corrected chi connectivity index (χ2v) is 9.26. The topological polar surface area (TPSA) is 34.1 Å². The van der Waals surface area contributed by atoms with Crippen molar-refractivity contribution in [2.24, 2.45) is 0 Å². The van der Waals surface area contributed by atoms with Crippen molar-refractivity contribution in [1.82, 2.24) is 0 Å². The van der Waals surface area contributed by atoms with Crippen molar-refractivity contribution in [3.05, 3.63) is 42.0 Å². The second kappa shape index (κ2) is 4.93. The Labute approximate surface area is 122 Å². The molecular formula is C14H15ClO2S2. The van der Waals surface area contributed by atoms with Gasteiger partial charge in [0, 0.05) is 15.6 Å². The van der Waals surface area contributed by atoms with E-state index in [4.69, 9.17) is 10.7 Å². The van der Waals surface area contributed by atoms with Gasteiger partial charge in [0.2, 0.25) is 0 Å². The van der Waals surface area contributed by atoms with Crippen LogP contribution in [0.3, 0.4) is 0 Å². The van der Waals surface area contributed by atoms with E-state index in [2.05, 4.69) is 32.9 Å². The molecule has 1 heterocycles. The SMILES string of the molecule is CC(C)(C)c1ccc(-c2ccc(S(=O)(=O)Cl)s2)cc1. The third-order valence-corrected chi connectivity index (χ3v) is 6.08. The lowest BCUT2D eigenvalue weighted by atomic mass is 9.86. The van der Waals surface area contributed by atoms with Crippen LogP contribution in [0, 0.1) is 0 Å². The quantitative estimate of drug-likeness (QED) is 0.757. The minimum atomic E-state index is -3.63. The minimum Gasteiger partial charge on any atom is -0.206 e. The minimum absolute atomic E-state index is 0.110. The maximum absolute atomic E-state index is 11.2. The van der Waals surface area contributed by atoms with Gasteiger partial charge in [0.1, 0.15) is 4.21 Å². The predicted molar refractivity (Wildman–Crippen MR) is 81.5 cm³/mol. The van der Waals surface area contributed by atoms with E-state index in [1.165, 1.54) is 16.9 Å². The third kappa shape index (κ3) is 3.38. The van der Waals surface area contributed by atoms with Crippen LogP contribution in [-0.4, -0.2) is 8.42 Å². The van der Waals surface area contributed by atoms with Crippen molar-refractivity contribution in [3.8, 4) is 10.4 Å². The largest absolute Gasteiger partial charge is 0.270 e. The average Bonchev–Trinajstić information content (AvgIpc) is 2.77. The van der Waals surface area contributed by atoms with Gasteiger partial charge < -0.3 is 0 Å². The summed E-state index contributed by atoms with van der Waals surface area (Å²) < 4.78 is 22.7. The van der Waals surface area contributed by atoms with Crippen LogP contribution in [0.5, 0.6) is 0 Å². The first-order valence-electron chi connectivity index (χ1n) is 5.83. The molecule has 0 aliphatic rings. The van der Waals surface area contributed by atoms with Crippen LogP contribution in [0.2, 0.25) is 0 Å². The highest BCUT2D eigenvalue weighted by Gasteiger charge is 2.15. The highest BCUT2D eigenvalue weighted by molar-refractivity contribution is 8.15. The monoisotopic (exact) mass is 314 g/mol. The number of hydrogen-bond acceptors (Lipinski definition) is 3. The molecular weight excluding hydrogens is 300 g/mol. The normalized spacial score (nSPS) is 12.6. The molecule has 0 aliphatic heterocycles. The molecule has 2 rings (SSSR count). The summed E-state index contributed by atoms with van der Waals surface area (Å²) in [5.74, 6) is 0. The Kier molecular flexibility index (Phi) is 3.78. The molecule has 102 valence electrons. The fraction of sp³-hybridized carbons (Fsp3) is 0.286. The standard InChI is InChI=1S/C14H15ClO2S2/c1-14(2,3)11-6-4-10(5-7-11)12-8-9-13(18-12)19(15,16)17/h4-9H,1-3H3. The summed E-state index contributed by atoms with van der Waals surface area (Å²) in [7, 11) is 1.70. The number of thiophene rings is 1. The highest BCUT2D eigenvalue weighted by Crippen LogP contribution is 2.33. The van der Waals surface area contributed by atoms with Gasteiger partial charge in [-0.15, -0.1) is 11.3 Å². The molecule has 0 N–H and O–H groups in total. The lowest BCUT2D eigenvalue weighted by molar-refractivity contribution is 0.590. The summed E-state index contributed by atoms with van der Waals surface area (Å²) in [6.07, 6.45) is 0. The molecule has 5 heteroatoms. The van der Waals surface area contributed by atoms with Crippen molar-refractivity contribution in [3.63, 3.8) is 0 Å². The van der Waals surface area contributed by atoms with Crippen molar-refractivity contribution >= 4 is 31.1 Å². The van der Waals surface area contributed by atoms with Crippen LogP contribution >= 0.6 is 22.0 Å². The number of rotatable bonds is 2. The molecule has 0 radical (unpaired) electrons. The van der Waals surface area contributed by atoms with Gasteiger partial charge in [-0.25, -0.2) is 8.42 Å². The van der Waals surface area contributed by atoms with Crippen molar-refractivity contribution in [2.45, 2.75) is 30.4 Å². The molecule has 0 saturated heterocycles. The van der Waals surface area contributed by atoms with Gasteiger partial charge in [-0.05, 0) is 28.7 Å². The van der Waals surface area contributed by atoms with Crippen molar-refractivity contribution < 1.29 is 8.42 Å². The third-order valence-electron chi connectivity index (χ3n) is 2.86. The zero-order valence-electron chi connectivity index (χ0n) is 11.0.